The summed E-state index contributed by atoms with van der Waals surface area (Å²) in [5, 5.41) is -4.90. The Morgan fingerprint density at radius 2 is 1.16 bits per heavy atom. The summed E-state index contributed by atoms with van der Waals surface area (Å²) < 4.78 is 90.4. The van der Waals surface area contributed by atoms with Crippen LogP contribution in [0.1, 0.15) is 120 Å². The van der Waals surface area contributed by atoms with E-state index in [-0.39, 0.29) is 32.1 Å². The summed E-state index contributed by atoms with van der Waals surface area (Å²) in [6.45, 7) is 0.674. The van der Waals surface area contributed by atoms with Crippen LogP contribution in [0, 0.1) is 17.3 Å². The van der Waals surface area contributed by atoms with E-state index in [9.17, 15) is 13.0 Å². The second-order valence-electron chi connectivity index (χ2n) is 19.6. The predicted molar refractivity (Wildman–Crippen MR) is 279 cm³/mol. The van der Waals surface area contributed by atoms with Crippen LogP contribution in [0.15, 0.2) is 36.4 Å². The monoisotopic (exact) mass is 944 g/mol. The highest BCUT2D eigenvalue weighted by Crippen LogP contribution is 2.80. The molecular formula is C45H59B9F2O11S. The highest BCUT2D eigenvalue weighted by Gasteiger charge is 2.88. The van der Waals surface area contributed by atoms with Gasteiger partial charge in [-0.05, 0) is 47.7 Å². The lowest BCUT2D eigenvalue weighted by Gasteiger charge is -2.78. The SMILES string of the molecule is BCc1cc(CB)c(CB)c(C(=O)OC23CC4(OC(=O)c5cc(CB)cc(CB)c5CB)CC(C(=O)OC(C)C(F)(F)S(=O)(=O)O)(C2)C2CC4C2(OC(=O)c2c(CB)ccc(CB)c2CB)C3)c1. The van der Waals surface area contributed by atoms with E-state index in [0.29, 0.717) is 80.5 Å². The van der Waals surface area contributed by atoms with Gasteiger partial charge in [0.05, 0.1) is 22.1 Å². The van der Waals surface area contributed by atoms with Gasteiger partial charge in [-0.3, -0.25) is 9.35 Å². The van der Waals surface area contributed by atoms with Gasteiger partial charge in [-0.25, -0.2) is 14.4 Å². The summed E-state index contributed by atoms with van der Waals surface area (Å²) in [4.78, 5) is 60.5. The van der Waals surface area contributed by atoms with Gasteiger partial charge in [-0.2, -0.15) is 17.2 Å². The van der Waals surface area contributed by atoms with Gasteiger partial charge in [0.1, 0.15) is 87.4 Å². The van der Waals surface area contributed by atoms with E-state index in [2.05, 4.69) is 12.1 Å². The molecule has 7 atom stereocenters. The van der Waals surface area contributed by atoms with Gasteiger partial charge in [-0.15, -0.1) is 0 Å². The highest BCUT2D eigenvalue weighted by molar-refractivity contribution is 7.86. The van der Waals surface area contributed by atoms with E-state index in [1.54, 1.807) is 12.1 Å². The van der Waals surface area contributed by atoms with Crippen LogP contribution >= 0.6 is 0 Å². The van der Waals surface area contributed by atoms with E-state index >= 15 is 28.0 Å². The molecule has 6 aliphatic rings. The van der Waals surface area contributed by atoms with Crippen LogP contribution < -0.4 is 0 Å². The molecule has 23 heteroatoms. The van der Waals surface area contributed by atoms with Gasteiger partial charge in [0.2, 0.25) is 0 Å². The fourth-order valence-corrected chi connectivity index (χ4v) is 13.6. The lowest BCUT2D eigenvalue weighted by Crippen LogP contribution is -2.86. The minimum atomic E-state index is -6.06. The maximum Gasteiger partial charge on any atom is 0.405 e. The van der Waals surface area contributed by atoms with Crippen molar-refractivity contribution in [2.24, 2.45) is 17.3 Å². The Morgan fingerprint density at radius 3 is 1.65 bits per heavy atom. The van der Waals surface area contributed by atoms with Crippen LogP contribution in [0.5, 0.6) is 0 Å². The molecule has 9 rings (SSSR count). The lowest BCUT2D eigenvalue weighted by atomic mass is 9.29. The largest absolute Gasteiger partial charge is 0.455 e. The Hall–Kier alpha value is -4.11. The summed E-state index contributed by atoms with van der Waals surface area (Å²) in [7, 11) is 11.7. The third-order valence-electron chi connectivity index (χ3n) is 16.2. The van der Waals surface area contributed by atoms with Crippen LogP contribution in [0.25, 0.3) is 0 Å². The molecule has 0 aromatic heterocycles. The maximum atomic E-state index is 15.3. The van der Waals surface area contributed by atoms with Crippen molar-refractivity contribution in [3.63, 3.8) is 0 Å². The first-order valence-electron chi connectivity index (χ1n) is 24.8. The lowest BCUT2D eigenvalue weighted by molar-refractivity contribution is -0.382. The Bertz CT molecular complexity index is 2670. The molecule has 6 bridgehead atoms. The Kier molecular flexibility index (Phi) is 14.4. The fourth-order valence-electron chi connectivity index (χ4n) is 13.1. The topological polar surface area (TPSA) is 160 Å². The Balaban J connectivity index is 1.46. The molecule has 68 heavy (non-hydrogen) atoms. The number of hydrogen-bond donors (Lipinski definition) is 1. The zero-order valence-electron chi connectivity index (χ0n) is 41.3. The summed E-state index contributed by atoms with van der Waals surface area (Å²) in [5.41, 5.74) is 1.91. The standard InChI is InChI=1S/C45H59B9F2O11S/c1-22(45(55,56)68(61,62)63)64-40(60)42-18-41(65-37(57)29-6-23(9-46)4-27(13-50)31(29)15-52)19-43(21-42,66-38(58)30-7-24(10-47)5-28(14-51)32(30)16-53)35-8-34(42)44(35,20-41)67-39(59)36-26(12-49)3-2-25(11-48)33(36)17-54/h2-7,22,34-35H,8-21,46-54H2,1H3,(H,61,62,63). The number of benzene rings is 3. The average molecular weight is 943 g/mol. The third-order valence-corrected chi connectivity index (χ3v) is 17.2. The molecule has 1 N–H and O–H groups in total. The van der Waals surface area contributed by atoms with E-state index in [1.165, 1.54) is 0 Å². The quantitative estimate of drug-likeness (QED) is 0.0592. The van der Waals surface area contributed by atoms with Crippen LogP contribution in [0.2, 0.25) is 0 Å². The van der Waals surface area contributed by atoms with Gasteiger partial charge in [0.15, 0.2) is 6.10 Å². The van der Waals surface area contributed by atoms with Gasteiger partial charge >= 0.3 is 39.2 Å². The maximum absolute atomic E-state index is 15.3. The average Bonchev–Trinajstić information content (AvgIpc) is 3.30. The second-order valence-corrected chi connectivity index (χ2v) is 21.1. The number of carbonyl (C=O) groups excluding carboxylic acids is 4. The van der Waals surface area contributed by atoms with Crippen molar-refractivity contribution in [2.45, 2.75) is 124 Å². The molecule has 3 aromatic rings. The molecule has 0 saturated heterocycles. The molecule has 11 nitrogen and oxygen atoms in total. The van der Waals surface area contributed by atoms with Gasteiger partial charge < -0.3 is 18.9 Å². The third kappa shape index (κ3) is 8.24. The Labute approximate surface area is 407 Å². The minimum absolute atomic E-state index is 0.0880. The van der Waals surface area contributed by atoms with E-state index < -0.39 is 79.4 Å². The van der Waals surface area contributed by atoms with Crippen molar-refractivity contribution in [2.75, 3.05) is 0 Å². The van der Waals surface area contributed by atoms with Gasteiger partial charge in [0.25, 0.3) is 0 Å². The number of rotatable bonds is 19. The van der Waals surface area contributed by atoms with Crippen LogP contribution in [-0.4, -0.2) is 136 Å². The van der Waals surface area contributed by atoms with Crippen molar-refractivity contribution in [1.82, 2.24) is 0 Å². The second kappa shape index (κ2) is 18.9. The molecule has 0 spiro atoms. The number of hydrogen-bond acceptors (Lipinski definition) is 10. The summed E-state index contributed by atoms with van der Waals surface area (Å²) >= 11 is 0. The van der Waals surface area contributed by atoms with Crippen molar-refractivity contribution >= 4 is 105 Å². The number of esters is 4. The molecular weight excluding hydrogens is 884 g/mol. The summed E-state index contributed by atoms with van der Waals surface area (Å²) in [6.07, 6.45) is 1.92. The molecule has 0 amide bonds. The van der Waals surface area contributed by atoms with Crippen molar-refractivity contribution in [3.8, 4) is 0 Å². The summed E-state index contributed by atoms with van der Waals surface area (Å²) in [5.74, 6) is -4.96. The van der Waals surface area contributed by atoms with Crippen LogP contribution in [0.3, 0.4) is 0 Å². The normalized spacial score (nSPS) is 26.1. The summed E-state index contributed by atoms with van der Waals surface area (Å²) in [6, 6.07) is 11.6. The van der Waals surface area contributed by atoms with Crippen molar-refractivity contribution in [1.29, 1.82) is 0 Å². The number of carbonyl (C=O) groups is 4. The van der Waals surface area contributed by atoms with E-state index in [4.69, 9.17) is 18.9 Å². The molecule has 352 valence electrons. The molecule has 0 heterocycles. The van der Waals surface area contributed by atoms with Crippen LogP contribution in [0.4, 0.5) is 8.78 Å². The van der Waals surface area contributed by atoms with Gasteiger partial charge in [0, 0.05) is 37.5 Å². The molecule has 6 aliphatic carbocycles. The zero-order chi connectivity index (χ0) is 49.9. The molecule has 0 aliphatic heterocycles. The molecule has 0 radical (unpaired) electrons. The minimum Gasteiger partial charge on any atom is -0.455 e. The Morgan fingerprint density at radius 1 is 0.647 bits per heavy atom. The first kappa shape index (κ1) is 51.7. The van der Waals surface area contributed by atoms with E-state index in [1.807, 2.05) is 82.7 Å². The first-order valence-corrected chi connectivity index (χ1v) is 26.2. The smallest absolute Gasteiger partial charge is 0.405 e. The number of alkyl halides is 2. The number of halogens is 2. The molecule has 7 unspecified atom stereocenters. The van der Waals surface area contributed by atoms with Crippen molar-refractivity contribution < 1.29 is 59.9 Å². The molecule has 6 saturated carbocycles. The fraction of sp³-hybridized carbons (Fsp3) is 0.511. The molecule has 3 aromatic carbocycles. The number of ether oxygens (including phenoxy) is 4. The molecule has 6 fully saturated rings. The first-order chi connectivity index (χ1) is 32.1. The van der Waals surface area contributed by atoms with Crippen LogP contribution in [-0.2, 0) is 90.7 Å². The van der Waals surface area contributed by atoms with Crippen molar-refractivity contribution in [3.05, 3.63) is 103 Å². The van der Waals surface area contributed by atoms with Gasteiger partial charge in [-0.1, -0.05) is 109 Å². The zero-order valence-corrected chi connectivity index (χ0v) is 42.1. The predicted octanol–water partition coefficient (Wildman–Crippen LogP) is -2.39. The highest BCUT2D eigenvalue weighted by atomic mass is 32.2. The van der Waals surface area contributed by atoms with E-state index in [0.717, 1.165) is 50.1 Å².